The molecule has 0 aromatic heterocycles. The molecule has 0 aliphatic carbocycles. The van der Waals surface area contributed by atoms with Crippen molar-refractivity contribution in [2.45, 2.75) is 31.2 Å². The molecule has 118 valence electrons. The number of nitrogens with one attached hydrogen (secondary N) is 1. The monoisotopic (exact) mass is 341 g/mol. The molecule has 0 bridgehead atoms. The predicted molar refractivity (Wildman–Crippen MR) is 72.8 cm³/mol. The van der Waals surface area contributed by atoms with Gasteiger partial charge in [0.2, 0.25) is 0 Å². The first-order chi connectivity index (χ1) is 9.65. The summed E-state index contributed by atoms with van der Waals surface area (Å²) in [5, 5.41) is 2.55. The van der Waals surface area contributed by atoms with E-state index < -0.39 is 43.8 Å². The summed E-state index contributed by atoms with van der Waals surface area (Å²) in [5.74, 6) is -3.73. The van der Waals surface area contributed by atoms with E-state index in [4.69, 9.17) is 15.4 Å². The highest BCUT2D eigenvalue weighted by Gasteiger charge is 2.23. The maximum absolute atomic E-state index is 13.6. The van der Waals surface area contributed by atoms with Crippen LogP contribution in [-0.2, 0) is 13.8 Å². The van der Waals surface area contributed by atoms with Gasteiger partial charge in [-0.25, -0.2) is 17.2 Å². The molecule has 0 radical (unpaired) electrons. The van der Waals surface area contributed by atoms with Crippen molar-refractivity contribution in [2.24, 2.45) is 0 Å². The summed E-state index contributed by atoms with van der Waals surface area (Å²) < 4.78 is 54.1. The van der Waals surface area contributed by atoms with Crippen LogP contribution in [0.2, 0.25) is 0 Å². The van der Waals surface area contributed by atoms with E-state index in [0.29, 0.717) is 18.6 Å². The normalized spacial score (nSPS) is 12.8. The molecule has 1 aromatic carbocycles. The van der Waals surface area contributed by atoms with Gasteiger partial charge in [0.05, 0.1) is 0 Å². The Labute approximate surface area is 125 Å². The second-order valence-corrected chi connectivity index (χ2v) is 6.85. The Morgan fingerprint density at radius 3 is 2.57 bits per heavy atom. The maximum Gasteiger partial charge on any atom is 0.265 e. The zero-order chi connectivity index (χ0) is 16.2. The van der Waals surface area contributed by atoms with Gasteiger partial charge in [0.1, 0.15) is 10.7 Å². The molecule has 9 heteroatoms. The first kappa shape index (κ1) is 17.6. The van der Waals surface area contributed by atoms with Crippen molar-refractivity contribution in [3.8, 4) is 5.75 Å². The Hall–Kier alpha value is -1.41. The molecule has 21 heavy (non-hydrogen) atoms. The topological polar surface area (TPSA) is 72.5 Å². The predicted octanol–water partition coefficient (Wildman–Crippen LogP) is 2.19. The molecule has 0 aliphatic heterocycles. The van der Waals surface area contributed by atoms with Gasteiger partial charge in [-0.3, -0.25) is 4.79 Å². The van der Waals surface area contributed by atoms with Crippen LogP contribution in [0.5, 0.6) is 5.75 Å². The van der Waals surface area contributed by atoms with Gasteiger partial charge < -0.3 is 10.1 Å². The van der Waals surface area contributed by atoms with Crippen molar-refractivity contribution in [1.29, 1.82) is 0 Å². The lowest BCUT2D eigenvalue weighted by Gasteiger charge is -2.13. The second kappa shape index (κ2) is 7.04. The lowest BCUT2D eigenvalue weighted by atomic mass is 10.2. The van der Waals surface area contributed by atoms with Gasteiger partial charge >= 0.3 is 0 Å². The largest absolute Gasteiger partial charge is 0.479 e. The number of halogens is 3. The highest BCUT2D eigenvalue weighted by molar-refractivity contribution is 8.13. The molecular weight excluding hydrogens is 328 g/mol. The van der Waals surface area contributed by atoms with Gasteiger partial charge in [0.15, 0.2) is 18.2 Å². The van der Waals surface area contributed by atoms with E-state index in [1.165, 1.54) is 0 Å². The number of carbonyl (C=O) groups is 1. The highest BCUT2D eigenvalue weighted by atomic mass is 35.7. The minimum atomic E-state index is -4.42. The van der Waals surface area contributed by atoms with Crippen molar-refractivity contribution in [3.63, 3.8) is 0 Å². The van der Waals surface area contributed by atoms with E-state index in [2.05, 4.69) is 5.32 Å². The third kappa shape index (κ3) is 5.13. The van der Waals surface area contributed by atoms with Gasteiger partial charge in [-0.1, -0.05) is 6.92 Å². The molecule has 0 saturated heterocycles. The quantitative estimate of drug-likeness (QED) is 0.805. The summed E-state index contributed by atoms with van der Waals surface area (Å²) in [6.45, 7) is 2.99. The molecule has 5 nitrogen and oxygen atoms in total. The first-order valence-electron chi connectivity index (χ1n) is 6.01. The van der Waals surface area contributed by atoms with E-state index >= 15 is 0 Å². The summed E-state index contributed by atoms with van der Waals surface area (Å²) in [7, 11) is 0.670. The number of carbonyl (C=O) groups excluding carboxylic acids is 1. The smallest absolute Gasteiger partial charge is 0.265 e. The lowest BCUT2D eigenvalue weighted by Crippen LogP contribution is -2.35. The van der Waals surface area contributed by atoms with Crippen LogP contribution >= 0.6 is 10.7 Å². The molecule has 0 aliphatic rings. The van der Waals surface area contributed by atoms with Gasteiger partial charge in [-0.2, -0.15) is 0 Å². The molecule has 1 amide bonds. The summed E-state index contributed by atoms with van der Waals surface area (Å²) in [6.07, 6.45) is 0.679. The number of ether oxygens (including phenoxy) is 1. The van der Waals surface area contributed by atoms with Gasteiger partial charge in [-0.05, 0) is 19.4 Å². The zero-order valence-electron chi connectivity index (χ0n) is 11.3. The van der Waals surface area contributed by atoms with Crippen molar-refractivity contribution >= 4 is 25.6 Å². The van der Waals surface area contributed by atoms with Crippen molar-refractivity contribution < 1.29 is 26.7 Å². The minimum Gasteiger partial charge on any atom is -0.479 e. The zero-order valence-corrected chi connectivity index (χ0v) is 12.9. The molecular formula is C12H14ClF2NO4S. The summed E-state index contributed by atoms with van der Waals surface area (Å²) in [5.41, 5.74) is 0. The number of amides is 1. The van der Waals surface area contributed by atoms with E-state index in [0.717, 1.165) is 0 Å². The maximum atomic E-state index is 13.6. The standard InChI is InChI=1S/C12H14ClF2NO4S/c1-3-7(2)16-11(17)6-20-12-9(15)4-8(14)5-10(12)21(13,18)19/h4-5,7H,3,6H2,1-2H3,(H,16,17). The van der Waals surface area contributed by atoms with Gasteiger partial charge in [0.25, 0.3) is 15.0 Å². The molecule has 1 unspecified atom stereocenters. The SMILES string of the molecule is CCC(C)NC(=O)COc1c(F)cc(F)cc1S(=O)(=O)Cl. The molecule has 1 rings (SSSR count). The average molecular weight is 342 g/mol. The van der Waals surface area contributed by atoms with Crippen LogP contribution in [-0.4, -0.2) is 27.0 Å². The fourth-order valence-electron chi connectivity index (χ4n) is 1.41. The average Bonchev–Trinajstić information content (AvgIpc) is 2.35. The van der Waals surface area contributed by atoms with Crippen molar-refractivity contribution in [1.82, 2.24) is 5.32 Å². The van der Waals surface area contributed by atoms with Crippen LogP contribution in [0.3, 0.4) is 0 Å². The summed E-state index contributed by atoms with van der Waals surface area (Å²) in [6, 6.07) is 0.844. The lowest BCUT2D eigenvalue weighted by molar-refractivity contribution is -0.123. The Kier molecular flexibility index (Phi) is 5.91. The van der Waals surface area contributed by atoms with Gasteiger partial charge in [-0.15, -0.1) is 0 Å². The number of benzene rings is 1. The number of rotatable bonds is 6. The van der Waals surface area contributed by atoms with Crippen LogP contribution in [0.15, 0.2) is 17.0 Å². The van der Waals surface area contributed by atoms with E-state index in [9.17, 15) is 22.0 Å². The third-order valence-electron chi connectivity index (χ3n) is 2.60. The van der Waals surface area contributed by atoms with Crippen molar-refractivity contribution in [2.75, 3.05) is 6.61 Å². The molecule has 0 spiro atoms. The first-order valence-corrected chi connectivity index (χ1v) is 8.32. The number of hydrogen-bond donors (Lipinski definition) is 1. The van der Waals surface area contributed by atoms with Gasteiger partial charge in [0, 0.05) is 22.8 Å². The molecule has 0 fully saturated rings. The molecule has 0 saturated carbocycles. The van der Waals surface area contributed by atoms with E-state index in [1.807, 2.05) is 6.92 Å². The van der Waals surface area contributed by atoms with Crippen LogP contribution in [0.25, 0.3) is 0 Å². The van der Waals surface area contributed by atoms with Crippen LogP contribution in [0.1, 0.15) is 20.3 Å². The highest BCUT2D eigenvalue weighted by Crippen LogP contribution is 2.30. The van der Waals surface area contributed by atoms with Crippen LogP contribution in [0.4, 0.5) is 8.78 Å². The molecule has 0 heterocycles. The van der Waals surface area contributed by atoms with Crippen LogP contribution < -0.4 is 10.1 Å². The number of hydrogen-bond acceptors (Lipinski definition) is 4. The third-order valence-corrected chi connectivity index (χ3v) is 3.93. The molecule has 1 atom stereocenters. The Morgan fingerprint density at radius 1 is 1.43 bits per heavy atom. The van der Waals surface area contributed by atoms with Crippen molar-refractivity contribution in [3.05, 3.63) is 23.8 Å². The summed E-state index contributed by atoms with van der Waals surface area (Å²) >= 11 is 0. The fraction of sp³-hybridized carbons (Fsp3) is 0.417. The Balaban J connectivity index is 2.96. The summed E-state index contributed by atoms with van der Waals surface area (Å²) in [4.78, 5) is 10.6. The van der Waals surface area contributed by atoms with Crippen LogP contribution in [0, 0.1) is 11.6 Å². The fourth-order valence-corrected chi connectivity index (χ4v) is 2.39. The minimum absolute atomic E-state index is 0.115. The second-order valence-electron chi connectivity index (χ2n) is 4.32. The van der Waals surface area contributed by atoms with E-state index in [1.54, 1.807) is 6.92 Å². The molecule has 1 aromatic rings. The molecule has 1 N–H and O–H groups in total. The Bertz CT molecular complexity index is 636. The Morgan fingerprint density at radius 2 is 2.05 bits per heavy atom. The van der Waals surface area contributed by atoms with E-state index in [-0.39, 0.29) is 6.04 Å².